The van der Waals surface area contributed by atoms with E-state index in [0.717, 1.165) is 103 Å². The predicted molar refractivity (Wildman–Crippen MR) is 224 cm³/mol. The largest absolute Gasteiger partial charge is 0.462 e. The van der Waals surface area contributed by atoms with E-state index in [2.05, 4.69) is 93.7 Å². The molecule has 0 bridgehead atoms. The summed E-state index contributed by atoms with van der Waals surface area (Å²) in [6.45, 7) is 7.46. The van der Waals surface area contributed by atoms with Crippen LogP contribution in [0.4, 0.5) is 0 Å². The molecule has 298 valence electrons. The van der Waals surface area contributed by atoms with Crippen molar-refractivity contribution in [3.63, 3.8) is 0 Å². The average Bonchev–Trinajstić information content (AvgIpc) is 3.14. The fourth-order valence-electron chi connectivity index (χ4n) is 5.60. The average molecular weight is 725 g/mol. The van der Waals surface area contributed by atoms with Gasteiger partial charge in [0.1, 0.15) is 6.61 Å². The summed E-state index contributed by atoms with van der Waals surface area (Å²) in [7, 11) is 0. The Kier molecular flexibility index (Phi) is 40.6. The van der Waals surface area contributed by atoms with Crippen LogP contribution < -0.4 is 0 Å². The van der Waals surface area contributed by atoms with Crippen molar-refractivity contribution in [2.24, 2.45) is 0 Å². The van der Waals surface area contributed by atoms with E-state index in [-0.39, 0.29) is 25.2 Å². The van der Waals surface area contributed by atoms with Crippen LogP contribution in [0.3, 0.4) is 0 Å². The topological polar surface area (TPSA) is 61.8 Å². The molecule has 0 aliphatic carbocycles. The van der Waals surface area contributed by atoms with Crippen LogP contribution in [0.1, 0.15) is 188 Å². The summed E-state index contributed by atoms with van der Waals surface area (Å²) in [5.41, 5.74) is 0. The summed E-state index contributed by atoms with van der Waals surface area (Å²) in [5, 5.41) is 0. The monoisotopic (exact) mass is 725 g/mol. The maximum atomic E-state index is 12.5. The number of allylic oxidation sites excluding steroid dienone is 12. The lowest BCUT2D eigenvalue weighted by Crippen LogP contribution is -2.30. The Morgan fingerprint density at radius 2 is 0.865 bits per heavy atom. The molecule has 5 heteroatoms. The van der Waals surface area contributed by atoms with E-state index >= 15 is 0 Å². The van der Waals surface area contributed by atoms with Crippen LogP contribution in [-0.2, 0) is 23.8 Å². The summed E-state index contributed by atoms with van der Waals surface area (Å²) in [6.07, 6.45) is 53.5. The number of hydrogen-bond donors (Lipinski definition) is 0. The number of ether oxygens (including phenoxy) is 3. The van der Waals surface area contributed by atoms with E-state index in [0.29, 0.717) is 19.4 Å². The molecular weight excluding hydrogens is 645 g/mol. The highest BCUT2D eigenvalue weighted by Crippen LogP contribution is 2.12. The lowest BCUT2D eigenvalue weighted by molar-refractivity contribution is -0.163. The Labute approximate surface area is 321 Å². The van der Waals surface area contributed by atoms with Crippen LogP contribution in [0.15, 0.2) is 72.9 Å². The van der Waals surface area contributed by atoms with Crippen LogP contribution in [0.25, 0.3) is 0 Å². The third kappa shape index (κ3) is 40.1. The SMILES string of the molecule is CC/C=C\C/C=C\C/C=C\CCCCCCCCCC(=O)OCC(COCCCCCC/C=C\C/C=C\C/C=C\CC)OC(=O)CCCCCCC. The van der Waals surface area contributed by atoms with E-state index in [9.17, 15) is 9.59 Å². The molecule has 0 saturated carbocycles. The van der Waals surface area contributed by atoms with Gasteiger partial charge in [0, 0.05) is 19.4 Å². The van der Waals surface area contributed by atoms with Crippen LogP contribution in [0.2, 0.25) is 0 Å². The van der Waals surface area contributed by atoms with Gasteiger partial charge in [-0.2, -0.15) is 0 Å². The Hall–Kier alpha value is -2.66. The Balaban J connectivity index is 4.13. The first-order valence-corrected chi connectivity index (χ1v) is 21.5. The van der Waals surface area contributed by atoms with Crippen molar-refractivity contribution in [2.75, 3.05) is 19.8 Å². The fraction of sp³-hybridized carbons (Fsp3) is 0.702. The zero-order chi connectivity index (χ0) is 37.8. The summed E-state index contributed by atoms with van der Waals surface area (Å²) < 4.78 is 17.1. The second-order valence-electron chi connectivity index (χ2n) is 13.8. The molecule has 0 aromatic carbocycles. The van der Waals surface area contributed by atoms with Crippen molar-refractivity contribution in [3.8, 4) is 0 Å². The van der Waals surface area contributed by atoms with E-state index in [1.807, 2.05) is 0 Å². The minimum absolute atomic E-state index is 0.0679. The zero-order valence-corrected chi connectivity index (χ0v) is 34.1. The molecule has 0 saturated heterocycles. The maximum absolute atomic E-state index is 12.5. The molecular formula is C47H80O5. The first-order chi connectivity index (χ1) is 25.6. The molecule has 0 rings (SSSR count). The summed E-state index contributed by atoms with van der Waals surface area (Å²) >= 11 is 0. The van der Waals surface area contributed by atoms with Crippen molar-refractivity contribution < 1.29 is 23.8 Å². The zero-order valence-electron chi connectivity index (χ0n) is 34.1. The molecule has 1 unspecified atom stereocenters. The molecule has 0 radical (unpaired) electrons. The molecule has 1 atom stereocenters. The summed E-state index contributed by atoms with van der Waals surface area (Å²) in [6, 6.07) is 0. The van der Waals surface area contributed by atoms with Gasteiger partial charge in [0.15, 0.2) is 6.10 Å². The van der Waals surface area contributed by atoms with Crippen LogP contribution >= 0.6 is 0 Å². The smallest absolute Gasteiger partial charge is 0.306 e. The van der Waals surface area contributed by atoms with Crippen LogP contribution in [-0.4, -0.2) is 37.9 Å². The van der Waals surface area contributed by atoms with Gasteiger partial charge >= 0.3 is 11.9 Å². The Bertz CT molecular complexity index is 957. The van der Waals surface area contributed by atoms with Gasteiger partial charge in [0.25, 0.3) is 0 Å². The minimum atomic E-state index is -0.548. The highest BCUT2D eigenvalue weighted by atomic mass is 16.6. The number of carbonyl (C=O) groups excluding carboxylic acids is 2. The van der Waals surface area contributed by atoms with Crippen molar-refractivity contribution in [1.82, 2.24) is 0 Å². The third-order valence-electron chi connectivity index (χ3n) is 8.74. The normalized spacial score (nSPS) is 12.9. The van der Waals surface area contributed by atoms with Gasteiger partial charge in [0.2, 0.25) is 0 Å². The molecule has 0 aliphatic heterocycles. The molecule has 5 nitrogen and oxygen atoms in total. The first kappa shape index (κ1) is 49.3. The molecule has 52 heavy (non-hydrogen) atoms. The Morgan fingerprint density at radius 3 is 1.38 bits per heavy atom. The number of hydrogen-bond acceptors (Lipinski definition) is 5. The molecule has 0 heterocycles. The van der Waals surface area contributed by atoms with Crippen molar-refractivity contribution >= 4 is 11.9 Å². The highest BCUT2D eigenvalue weighted by molar-refractivity contribution is 5.70. The number of esters is 2. The minimum Gasteiger partial charge on any atom is -0.462 e. The predicted octanol–water partition coefficient (Wildman–Crippen LogP) is 14.0. The quantitative estimate of drug-likeness (QED) is 0.0360. The molecule has 0 fully saturated rings. The second-order valence-corrected chi connectivity index (χ2v) is 13.8. The number of unbranched alkanes of at least 4 members (excludes halogenated alkanes) is 15. The standard InChI is InChI=1S/C47H80O5/c1-4-7-10-13-15-17-19-21-23-24-25-26-28-30-32-35-37-40-46(48)51-44-45(52-47(49)41-38-34-12-9-6-3)43-50-42-39-36-33-31-29-27-22-20-18-16-14-11-8-5-2/h7-8,10-11,15-18,21-23,27,45H,4-6,9,12-14,19-20,24-26,28-44H2,1-3H3/b10-7-,11-8-,17-15-,18-16-,23-21-,27-22-. The summed E-state index contributed by atoms with van der Waals surface area (Å²) in [5.74, 6) is -0.439. The molecule has 0 aromatic heterocycles. The first-order valence-electron chi connectivity index (χ1n) is 21.5. The number of carbonyl (C=O) groups is 2. The lowest BCUT2D eigenvalue weighted by Gasteiger charge is -2.18. The maximum Gasteiger partial charge on any atom is 0.306 e. The number of rotatable bonds is 38. The van der Waals surface area contributed by atoms with Crippen LogP contribution in [0, 0.1) is 0 Å². The van der Waals surface area contributed by atoms with Gasteiger partial charge in [-0.15, -0.1) is 0 Å². The van der Waals surface area contributed by atoms with E-state index < -0.39 is 6.10 Å². The molecule has 0 aromatic rings. The molecule has 0 amide bonds. The van der Waals surface area contributed by atoms with Gasteiger partial charge in [-0.25, -0.2) is 0 Å². The van der Waals surface area contributed by atoms with E-state index in [1.54, 1.807) is 0 Å². The fourth-order valence-corrected chi connectivity index (χ4v) is 5.60. The van der Waals surface area contributed by atoms with E-state index in [1.165, 1.54) is 51.4 Å². The second kappa shape index (κ2) is 42.8. The molecule has 0 N–H and O–H groups in total. The third-order valence-corrected chi connectivity index (χ3v) is 8.74. The summed E-state index contributed by atoms with van der Waals surface area (Å²) in [4.78, 5) is 25.0. The lowest BCUT2D eigenvalue weighted by atomic mass is 10.1. The van der Waals surface area contributed by atoms with Crippen molar-refractivity contribution in [1.29, 1.82) is 0 Å². The molecule has 0 aliphatic rings. The van der Waals surface area contributed by atoms with Gasteiger partial charge in [-0.05, 0) is 83.5 Å². The van der Waals surface area contributed by atoms with Crippen molar-refractivity contribution in [3.05, 3.63) is 72.9 Å². The van der Waals surface area contributed by atoms with Crippen LogP contribution in [0.5, 0.6) is 0 Å². The van der Waals surface area contributed by atoms with Crippen molar-refractivity contribution in [2.45, 2.75) is 194 Å². The van der Waals surface area contributed by atoms with Gasteiger partial charge in [-0.1, -0.05) is 164 Å². The molecule has 0 spiro atoms. The van der Waals surface area contributed by atoms with Gasteiger partial charge in [0.05, 0.1) is 6.61 Å². The van der Waals surface area contributed by atoms with E-state index in [4.69, 9.17) is 14.2 Å². The highest BCUT2D eigenvalue weighted by Gasteiger charge is 2.17. The van der Waals surface area contributed by atoms with Gasteiger partial charge < -0.3 is 14.2 Å². The Morgan fingerprint density at radius 1 is 0.442 bits per heavy atom. The van der Waals surface area contributed by atoms with Gasteiger partial charge in [-0.3, -0.25) is 9.59 Å².